The van der Waals surface area contributed by atoms with Crippen LogP contribution in [0.4, 0.5) is 11.6 Å². The molecular formula is C20H22ClN5O2. The van der Waals surface area contributed by atoms with Crippen molar-refractivity contribution in [2.45, 2.75) is 25.3 Å². The van der Waals surface area contributed by atoms with Gasteiger partial charge in [-0.05, 0) is 43.2 Å². The molecule has 2 amide bonds. The van der Waals surface area contributed by atoms with E-state index in [2.05, 4.69) is 20.2 Å². The quantitative estimate of drug-likeness (QED) is 0.853. The number of carbonyl (C=O) groups is 2. The maximum atomic E-state index is 12.8. The van der Waals surface area contributed by atoms with E-state index < -0.39 is 0 Å². The molecule has 2 fully saturated rings. The maximum absolute atomic E-state index is 12.8. The van der Waals surface area contributed by atoms with Crippen LogP contribution in [-0.4, -0.2) is 47.5 Å². The number of amides is 2. The van der Waals surface area contributed by atoms with Crippen molar-refractivity contribution >= 4 is 35.1 Å². The van der Waals surface area contributed by atoms with E-state index in [9.17, 15) is 9.59 Å². The van der Waals surface area contributed by atoms with Crippen molar-refractivity contribution in [2.75, 3.05) is 29.4 Å². The van der Waals surface area contributed by atoms with Crippen molar-refractivity contribution in [2.24, 2.45) is 5.92 Å². The van der Waals surface area contributed by atoms with Gasteiger partial charge in [-0.3, -0.25) is 9.59 Å². The lowest BCUT2D eigenvalue weighted by Crippen LogP contribution is -2.50. The van der Waals surface area contributed by atoms with E-state index in [-0.39, 0.29) is 30.2 Å². The summed E-state index contributed by atoms with van der Waals surface area (Å²) in [6.07, 6.45) is 5.55. The Bertz CT molecular complexity index is 845. The third kappa shape index (κ3) is 4.09. The number of anilines is 2. The predicted octanol–water partition coefficient (Wildman–Crippen LogP) is 2.27. The number of halogens is 1. The molecule has 146 valence electrons. The van der Waals surface area contributed by atoms with E-state index in [1.54, 1.807) is 47.6 Å². The topological polar surface area (TPSA) is 78.4 Å². The van der Waals surface area contributed by atoms with Crippen LogP contribution in [-0.2, 0) is 9.59 Å². The lowest BCUT2D eigenvalue weighted by atomic mass is 10.0. The second-order valence-electron chi connectivity index (χ2n) is 7.22. The molecule has 8 heteroatoms. The summed E-state index contributed by atoms with van der Waals surface area (Å²) in [7, 11) is 0. The predicted molar refractivity (Wildman–Crippen MR) is 107 cm³/mol. The van der Waals surface area contributed by atoms with Gasteiger partial charge >= 0.3 is 0 Å². The second kappa shape index (κ2) is 8.14. The highest BCUT2D eigenvalue weighted by molar-refractivity contribution is 6.30. The van der Waals surface area contributed by atoms with Gasteiger partial charge in [-0.1, -0.05) is 11.6 Å². The smallest absolute Gasteiger partial charge is 0.227 e. The summed E-state index contributed by atoms with van der Waals surface area (Å²) in [5.41, 5.74) is 0.773. The molecule has 3 heterocycles. The molecular weight excluding hydrogens is 378 g/mol. The lowest BCUT2D eigenvalue weighted by molar-refractivity contribution is -0.127. The van der Waals surface area contributed by atoms with Crippen LogP contribution in [0.2, 0.25) is 5.02 Å². The van der Waals surface area contributed by atoms with Gasteiger partial charge in [0.1, 0.15) is 0 Å². The lowest BCUT2D eigenvalue weighted by Gasteiger charge is -2.33. The van der Waals surface area contributed by atoms with Crippen LogP contribution in [0.1, 0.15) is 19.3 Å². The molecule has 2 aliphatic heterocycles. The molecule has 4 rings (SSSR count). The van der Waals surface area contributed by atoms with Gasteiger partial charge in [-0.15, -0.1) is 0 Å². The first-order valence-corrected chi connectivity index (χ1v) is 9.86. The summed E-state index contributed by atoms with van der Waals surface area (Å²) in [5, 5.41) is 3.75. The SMILES string of the molecule is O=C(N[C@@H]1CCCN(c2ncccn2)C1)[C@H]1CC(=O)N(c2ccc(Cl)cc2)C1. The van der Waals surface area contributed by atoms with Crippen molar-refractivity contribution in [1.82, 2.24) is 15.3 Å². The molecule has 0 bridgehead atoms. The fraction of sp³-hybridized carbons (Fsp3) is 0.400. The van der Waals surface area contributed by atoms with E-state index in [0.717, 1.165) is 25.1 Å². The summed E-state index contributed by atoms with van der Waals surface area (Å²) < 4.78 is 0. The molecule has 0 saturated carbocycles. The summed E-state index contributed by atoms with van der Waals surface area (Å²) in [6.45, 7) is 1.95. The van der Waals surface area contributed by atoms with Crippen molar-refractivity contribution in [1.29, 1.82) is 0 Å². The Labute approximate surface area is 168 Å². The summed E-state index contributed by atoms with van der Waals surface area (Å²) in [5.74, 6) is 0.244. The van der Waals surface area contributed by atoms with Gasteiger partial charge in [0.05, 0.1) is 5.92 Å². The molecule has 1 N–H and O–H groups in total. The first kappa shape index (κ1) is 18.7. The zero-order valence-corrected chi connectivity index (χ0v) is 16.2. The van der Waals surface area contributed by atoms with E-state index in [1.807, 2.05) is 0 Å². The molecule has 7 nitrogen and oxygen atoms in total. The molecule has 0 radical (unpaired) electrons. The van der Waals surface area contributed by atoms with Crippen molar-refractivity contribution in [3.63, 3.8) is 0 Å². The second-order valence-corrected chi connectivity index (χ2v) is 7.66. The molecule has 1 aromatic carbocycles. The number of piperidine rings is 1. The minimum atomic E-state index is -0.341. The first-order valence-electron chi connectivity index (χ1n) is 9.48. The maximum Gasteiger partial charge on any atom is 0.227 e. The van der Waals surface area contributed by atoms with Crippen LogP contribution < -0.4 is 15.1 Å². The Morgan fingerprint density at radius 2 is 1.89 bits per heavy atom. The summed E-state index contributed by atoms with van der Waals surface area (Å²) in [4.78, 5) is 37.5. The molecule has 2 atom stereocenters. The van der Waals surface area contributed by atoms with Crippen molar-refractivity contribution in [3.05, 3.63) is 47.7 Å². The highest BCUT2D eigenvalue weighted by Crippen LogP contribution is 2.27. The van der Waals surface area contributed by atoms with Gasteiger partial charge in [0, 0.05) is 55.2 Å². The van der Waals surface area contributed by atoms with E-state index in [4.69, 9.17) is 11.6 Å². The third-order valence-corrected chi connectivity index (χ3v) is 5.49. The van der Waals surface area contributed by atoms with Gasteiger partial charge in [-0.25, -0.2) is 9.97 Å². The van der Waals surface area contributed by atoms with Gasteiger partial charge in [0.15, 0.2) is 0 Å². The molecule has 1 aromatic heterocycles. The molecule has 2 saturated heterocycles. The number of carbonyl (C=O) groups excluding carboxylic acids is 2. The normalized spacial score (nSPS) is 22.4. The van der Waals surface area contributed by atoms with Gasteiger partial charge < -0.3 is 15.1 Å². The molecule has 2 aliphatic rings. The number of benzene rings is 1. The Balaban J connectivity index is 1.36. The Kier molecular flexibility index (Phi) is 5.43. The van der Waals surface area contributed by atoms with Crippen LogP contribution in [0.25, 0.3) is 0 Å². The standard InChI is InChI=1S/C20H22ClN5O2/c21-15-4-6-17(7-5-15)26-12-14(11-18(26)27)19(28)24-16-3-1-10-25(13-16)20-22-8-2-9-23-20/h2,4-9,14,16H,1,3,10-13H2,(H,24,28)/t14-,16+/m0/s1. The zero-order chi connectivity index (χ0) is 19.5. The number of hydrogen-bond acceptors (Lipinski definition) is 5. The number of rotatable bonds is 4. The fourth-order valence-corrected chi connectivity index (χ4v) is 3.93. The Hall–Kier alpha value is -2.67. The van der Waals surface area contributed by atoms with Gasteiger partial charge in [0.25, 0.3) is 0 Å². The number of nitrogens with one attached hydrogen (secondary N) is 1. The average molecular weight is 400 g/mol. The number of hydrogen-bond donors (Lipinski definition) is 1. The van der Waals surface area contributed by atoms with Crippen LogP contribution in [0, 0.1) is 5.92 Å². The third-order valence-electron chi connectivity index (χ3n) is 5.24. The Morgan fingerprint density at radius 1 is 1.14 bits per heavy atom. The van der Waals surface area contributed by atoms with Crippen LogP contribution in [0.5, 0.6) is 0 Å². The molecule has 2 aromatic rings. The monoisotopic (exact) mass is 399 g/mol. The highest BCUT2D eigenvalue weighted by atomic mass is 35.5. The van der Waals surface area contributed by atoms with Gasteiger partial charge in [-0.2, -0.15) is 0 Å². The van der Waals surface area contributed by atoms with E-state index >= 15 is 0 Å². The van der Waals surface area contributed by atoms with E-state index in [1.165, 1.54) is 0 Å². The molecule has 0 aliphatic carbocycles. The Morgan fingerprint density at radius 3 is 2.64 bits per heavy atom. The van der Waals surface area contributed by atoms with Crippen molar-refractivity contribution in [3.8, 4) is 0 Å². The first-order chi connectivity index (χ1) is 13.6. The fourth-order valence-electron chi connectivity index (χ4n) is 3.80. The van der Waals surface area contributed by atoms with Crippen molar-refractivity contribution < 1.29 is 9.59 Å². The minimum absolute atomic E-state index is 0.0322. The number of nitrogens with zero attached hydrogens (tertiary/aromatic N) is 4. The molecule has 28 heavy (non-hydrogen) atoms. The van der Waals surface area contributed by atoms with Crippen LogP contribution in [0.15, 0.2) is 42.7 Å². The largest absolute Gasteiger partial charge is 0.351 e. The average Bonchev–Trinajstić information content (AvgIpc) is 3.11. The van der Waals surface area contributed by atoms with Crippen LogP contribution >= 0.6 is 11.6 Å². The molecule has 0 unspecified atom stereocenters. The molecule has 0 spiro atoms. The highest BCUT2D eigenvalue weighted by Gasteiger charge is 2.36. The zero-order valence-electron chi connectivity index (χ0n) is 15.4. The number of aromatic nitrogens is 2. The van der Waals surface area contributed by atoms with E-state index in [0.29, 0.717) is 24.1 Å². The van der Waals surface area contributed by atoms with Crippen LogP contribution in [0.3, 0.4) is 0 Å². The summed E-state index contributed by atoms with van der Waals surface area (Å²) in [6, 6.07) is 8.93. The van der Waals surface area contributed by atoms with Gasteiger partial charge in [0.2, 0.25) is 17.8 Å². The minimum Gasteiger partial charge on any atom is -0.351 e. The summed E-state index contributed by atoms with van der Waals surface area (Å²) >= 11 is 5.92.